The normalized spacial score (nSPS) is 25.3. The number of aliphatic imine (C=N–C) groups is 1. The van der Waals surface area contributed by atoms with Gasteiger partial charge in [0.1, 0.15) is 0 Å². The van der Waals surface area contributed by atoms with Gasteiger partial charge < -0.3 is 19.9 Å². The Labute approximate surface area is 180 Å². The fourth-order valence-electron chi connectivity index (χ4n) is 4.48. The Bertz CT molecular complexity index is 754. The number of ether oxygens (including phenoxy) is 1. The van der Waals surface area contributed by atoms with Crippen LogP contribution in [0.5, 0.6) is 0 Å². The SMILES string of the molecule is CCN=C(NC1CC1c1ccccc1C)N1CCN(CC(=O)N2CCOCC2)CC1. The molecule has 2 heterocycles. The minimum Gasteiger partial charge on any atom is -0.378 e. The van der Waals surface area contributed by atoms with E-state index >= 15 is 0 Å². The summed E-state index contributed by atoms with van der Waals surface area (Å²) in [5.41, 5.74) is 2.83. The highest BCUT2D eigenvalue weighted by Gasteiger charge is 2.40. The molecule has 164 valence electrons. The molecule has 1 aromatic carbocycles. The van der Waals surface area contributed by atoms with Crippen molar-refractivity contribution in [3.8, 4) is 0 Å². The third-order valence-corrected chi connectivity index (χ3v) is 6.40. The molecule has 0 bridgehead atoms. The lowest BCUT2D eigenvalue weighted by atomic mass is 10.0. The largest absolute Gasteiger partial charge is 0.378 e. The van der Waals surface area contributed by atoms with Crippen molar-refractivity contribution >= 4 is 11.9 Å². The van der Waals surface area contributed by atoms with E-state index in [1.165, 1.54) is 17.5 Å². The number of guanidine groups is 1. The Balaban J connectivity index is 1.26. The van der Waals surface area contributed by atoms with Gasteiger partial charge in [-0.1, -0.05) is 24.3 Å². The van der Waals surface area contributed by atoms with Gasteiger partial charge in [0.05, 0.1) is 19.8 Å². The summed E-state index contributed by atoms with van der Waals surface area (Å²) in [7, 11) is 0. The van der Waals surface area contributed by atoms with Crippen LogP contribution in [0, 0.1) is 6.92 Å². The molecule has 0 aromatic heterocycles. The number of hydrogen-bond acceptors (Lipinski definition) is 4. The highest BCUT2D eigenvalue weighted by molar-refractivity contribution is 5.81. The molecule has 2 saturated heterocycles. The Morgan fingerprint density at radius 2 is 1.83 bits per heavy atom. The summed E-state index contributed by atoms with van der Waals surface area (Å²) in [6, 6.07) is 9.16. The average Bonchev–Trinajstić information content (AvgIpc) is 3.54. The molecule has 0 spiro atoms. The van der Waals surface area contributed by atoms with Crippen LogP contribution < -0.4 is 5.32 Å². The topological polar surface area (TPSA) is 60.4 Å². The van der Waals surface area contributed by atoms with E-state index in [1.54, 1.807) is 0 Å². The van der Waals surface area contributed by atoms with E-state index in [2.05, 4.69) is 53.2 Å². The van der Waals surface area contributed by atoms with Crippen LogP contribution in [0.15, 0.2) is 29.3 Å². The van der Waals surface area contributed by atoms with Crippen LogP contribution in [0.4, 0.5) is 0 Å². The molecule has 1 aliphatic carbocycles. The minimum absolute atomic E-state index is 0.228. The molecule has 3 fully saturated rings. The van der Waals surface area contributed by atoms with Gasteiger partial charge in [-0.15, -0.1) is 0 Å². The predicted octanol–water partition coefficient (Wildman–Crippen LogP) is 1.29. The van der Waals surface area contributed by atoms with Gasteiger partial charge in [0.2, 0.25) is 5.91 Å². The van der Waals surface area contributed by atoms with Gasteiger partial charge in [0.15, 0.2) is 5.96 Å². The zero-order valence-electron chi connectivity index (χ0n) is 18.3. The molecule has 1 saturated carbocycles. The first-order valence-corrected chi connectivity index (χ1v) is 11.3. The molecule has 2 aliphatic heterocycles. The van der Waals surface area contributed by atoms with Gasteiger partial charge in [0.25, 0.3) is 0 Å². The maximum atomic E-state index is 12.5. The fraction of sp³-hybridized carbons (Fsp3) is 0.652. The van der Waals surface area contributed by atoms with E-state index in [4.69, 9.17) is 9.73 Å². The molecular formula is C23H35N5O2. The molecule has 3 aliphatic rings. The molecular weight excluding hydrogens is 378 g/mol. The van der Waals surface area contributed by atoms with Crippen LogP contribution in [0.25, 0.3) is 0 Å². The summed E-state index contributed by atoms with van der Waals surface area (Å²) in [6.07, 6.45) is 1.17. The molecule has 1 aromatic rings. The molecule has 0 radical (unpaired) electrons. The number of aryl methyl sites for hydroxylation is 1. The number of nitrogens with one attached hydrogen (secondary N) is 1. The lowest BCUT2D eigenvalue weighted by molar-refractivity contribution is -0.136. The first-order chi connectivity index (χ1) is 14.7. The molecule has 2 atom stereocenters. The van der Waals surface area contributed by atoms with E-state index < -0.39 is 0 Å². The van der Waals surface area contributed by atoms with Crippen LogP contribution in [0.3, 0.4) is 0 Å². The zero-order chi connectivity index (χ0) is 20.9. The Morgan fingerprint density at radius 1 is 1.10 bits per heavy atom. The van der Waals surface area contributed by atoms with Crippen molar-refractivity contribution in [1.82, 2.24) is 20.0 Å². The number of rotatable bonds is 5. The van der Waals surface area contributed by atoms with Crippen LogP contribution >= 0.6 is 0 Å². The number of piperazine rings is 1. The van der Waals surface area contributed by atoms with Crippen molar-refractivity contribution in [2.24, 2.45) is 4.99 Å². The predicted molar refractivity (Wildman–Crippen MR) is 119 cm³/mol. The van der Waals surface area contributed by atoms with Crippen LogP contribution in [-0.2, 0) is 9.53 Å². The highest BCUT2D eigenvalue weighted by Crippen LogP contribution is 2.42. The molecule has 1 N–H and O–H groups in total. The summed E-state index contributed by atoms with van der Waals surface area (Å²) in [5.74, 6) is 1.84. The Hall–Kier alpha value is -2.12. The quantitative estimate of drug-likeness (QED) is 0.582. The molecule has 4 rings (SSSR count). The Morgan fingerprint density at radius 3 is 2.53 bits per heavy atom. The number of amides is 1. The number of carbonyl (C=O) groups is 1. The van der Waals surface area contributed by atoms with Crippen molar-refractivity contribution in [2.45, 2.75) is 32.2 Å². The van der Waals surface area contributed by atoms with Gasteiger partial charge >= 0.3 is 0 Å². The second kappa shape index (κ2) is 9.79. The van der Waals surface area contributed by atoms with E-state index in [0.717, 1.165) is 51.8 Å². The lowest BCUT2D eigenvalue weighted by Crippen LogP contribution is -2.55. The first-order valence-electron chi connectivity index (χ1n) is 11.3. The Kier molecular flexibility index (Phi) is 6.89. The summed E-state index contributed by atoms with van der Waals surface area (Å²) < 4.78 is 5.35. The van der Waals surface area contributed by atoms with Crippen molar-refractivity contribution in [1.29, 1.82) is 0 Å². The van der Waals surface area contributed by atoms with Gasteiger partial charge in [-0.05, 0) is 31.4 Å². The third-order valence-electron chi connectivity index (χ3n) is 6.40. The van der Waals surface area contributed by atoms with Gasteiger partial charge in [-0.25, -0.2) is 0 Å². The maximum absolute atomic E-state index is 12.5. The van der Waals surface area contributed by atoms with E-state index in [9.17, 15) is 4.79 Å². The summed E-state index contributed by atoms with van der Waals surface area (Å²) in [6.45, 7) is 11.9. The van der Waals surface area contributed by atoms with Gasteiger partial charge in [-0.3, -0.25) is 14.7 Å². The molecule has 7 nitrogen and oxygen atoms in total. The van der Waals surface area contributed by atoms with Crippen molar-refractivity contribution in [3.05, 3.63) is 35.4 Å². The molecule has 7 heteroatoms. The van der Waals surface area contributed by atoms with Crippen molar-refractivity contribution in [3.63, 3.8) is 0 Å². The summed E-state index contributed by atoms with van der Waals surface area (Å²) in [4.78, 5) is 23.8. The van der Waals surface area contributed by atoms with E-state index in [0.29, 0.717) is 31.7 Å². The van der Waals surface area contributed by atoms with Crippen LogP contribution in [-0.4, -0.2) is 98.2 Å². The first kappa shape index (κ1) is 21.1. The number of hydrogen-bond donors (Lipinski definition) is 1. The monoisotopic (exact) mass is 413 g/mol. The smallest absolute Gasteiger partial charge is 0.236 e. The molecule has 30 heavy (non-hydrogen) atoms. The summed E-state index contributed by atoms with van der Waals surface area (Å²) >= 11 is 0. The molecule has 1 amide bonds. The number of benzene rings is 1. The van der Waals surface area contributed by atoms with Crippen molar-refractivity contribution < 1.29 is 9.53 Å². The number of morpholine rings is 1. The van der Waals surface area contributed by atoms with E-state index in [1.807, 2.05) is 4.90 Å². The second-order valence-electron chi connectivity index (χ2n) is 8.50. The minimum atomic E-state index is 0.228. The van der Waals surface area contributed by atoms with Crippen molar-refractivity contribution in [2.75, 3.05) is 65.6 Å². The fourth-order valence-corrected chi connectivity index (χ4v) is 4.48. The standard InChI is InChI=1S/C23H35N5O2/c1-3-24-23(25-21-16-20(21)19-7-5-4-6-18(19)2)28-10-8-26(9-11-28)17-22(29)27-12-14-30-15-13-27/h4-7,20-21H,3,8-17H2,1-2H3,(H,24,25). The lowest BCUT2D eigenvalue weighted by Gasteiger charge is -2.37. The average molecular weight is 414 g/mol. The third kappa shape index (κ3) is 5.13. The maximum Gasteiger partial charge on any atom is 0.236 e. The van der Waals surface area contributed by atoms with E-state index in [-0.39, 0.29) is 5.91 Å². The van der Waals surface area contributed by atoms with Crippen LogP contribution in [0.2, 0.25) is 0 Å². The zero-order valence-corrected chi connectivity index (χ0v) is 18.3. The van der Waals surface area contributed by atoms with Gasteiger partial charge in [0, 0.05) is 57.8 Å². The second-order valence-corrected chi connectivity index (χ2v) is 8.50. The summed E-state index contributed by atoms with van der Waals surface area (Å²) in [5, 5.41) is 3.71. The number of nitrogens with zero attached hydrogens (tertiary/aromatic N) is 4. The highest BCUT2D eigenvalue weighted by atomic mass is 16.5. The molecule has 2 unspecified atom stereocenters. The van der Waals surface area contributed by atoms with Gasteiger partial charge in [-0.2, -0.15) is 0 Å². The number of carbonyl (C=O) groups excluding carboxylic acids is 1. The van der Waals surface area contributed by atoms with Crippen LogP contribution in [0.1, 0.15) is 30.4 Å².